The maximum Gasteiger partial charge on any atom is 0.277 e. The summed E-state index contributed by atoms with van der Waals surface area (Å²) in [4.78, 5) is 17.7. The Morgan fingerprint density at radius 3 is 2.62 bits per heavy atom. The van der Waals surface area contributed by atoms with Crippen LogP contribution in [-0.4, -0.2) is 24.3 Å². The molecule has 7 heteroatoms. The Labute approximate surface area is 194 Å². The third-order valence-corrected chi connectivity index (χ3v) is 6.06. The zero-order chi connectivity index (χ0) is 23.1. The van der Waals surface area contributed by atoms with Crippen molar-refractivity contribution in [2.75, 3.05) is 0 Å². The highest BCUT2D eigenvalue weighted by Gasteiger charge is 2.14. The van der Waals surface area contributed by atoms with Gasteiger partial charge in [-0.2, -0.15) is 10.1 Å². The van der Waals surface area contributed by atoms with Crippen LogP contribution in [0.3, 0.4) is 0 Å². The first-order chi connectivity index (χ1) is 16.7. The highest BCUT2D eigenvalue weighted by Crippen LogP contribution is 2.28. The van der Waals surface area contributed by atoms with Crippen molar-refractivity contribution in [3.63, 3.8) is 0 Å². The van der Waals surface area contributed by atoms with Crippen LogP contribution in [0.25, 0.3) is 38.9 Å². The number of aryl methyl sites for hydroxylation is 1. The van der Waals surface area contributed by atoms with Gasteiger partial charge in [0.2, 0.25) is 11.7 Å². The lowest BCUT2D eigenvalue weighted by Gasteiger charge is -2.03. The fourth-order valence-electron chi connectivity index (χ4n) is 4.20. The van der Waals surface area contributed by atoms with Gasteiger partial charge in [0.05, 0.1) is 5.69 Å². The van der Waals surface area contributed by atoms with Crippen LogP contribution in [0.2, 0.25) is 0 Å². The van der Waals surface area contributed by atoms with Crippen molar-refractivity contribution in [2.24, 2.45) is 0 Å². The molecule has 6 aromatic rings. The number of nitrogens with zero attached hydrogens (tertiary/aromatic N) is 5. The molecule has 0 saturated carbocycles. The van der Waals surface area contributed by atoms with Crippen molar-refractivity contribution < 1.29 is 4.52 Å². The topological polar surface area (TPSA) is 78.2 Å². The molecule has 34 heavy (non-hydrogen) atoms. The van der Waals surface area contributed by atoms with Gasteiger partial charge >= 0.3 is 0 Å². The molecule has 0 N–H and O–H groups in total. The Balaban J connectivity index is 1.33. The molecule has 0 radical (unpaired) electrons. The summed E-state index contributed by atoms with van der Waals surface area (Å²) in [6, 6.07) is 24.1. The second kappa shape index (κ2) is 8.12. The van der Waals surface area contributed by atoms with E-state index in [1.54, 1.807) is 21.5 Å². The molecule has 0 saturated heterocycles. The minimum Gasteiger partial charge on any atom is -0.337 e. The standard InChI is InChI=1S/C27H21N5O2/c1-2-18-10-12-20(13-11-18)26-28-25(34-30-26)17-31-14-15-32-24(27(31)33)16-23(29-32)22-9-5-7-19-6-3-4-8-21(19)22/h3-16H,2,17H2,1H3. The van der Waals surface area contributed by atoms with Gasteiger partial charge in [0.1, 0.15) is 12.1 Å². The monoisotopic (exact) mass is 447 g/mol. The van der Waals surface area contributed by atoms with Gasteiger partial charge in [-0.25, -0.2) is 4.52 Å². The van der Waals surface area contributed by atoms with Crippen LogP contribution in [0.15, 0.2) is 94.5 Å². The molecule has 7 nitrogen and oxygen atoms in total. The van der Waals surface area contributed by atoms with Crippen LogP contribution in [0.5, 0.6) is 0 Å². The molecule has 0 atom stereocenters. The molecule has 3 aromatic heterocycles. The molecule has 6 rings (SSSR count). The summed E-state index contributed by atoms with van der Waals surface area (Å²) in [7, 11) is 0. The highest BCUT2D eigenvalue weighted by molar-refractivity contribution is 5.96. The first-order valence-corrected chi connectivity index (χ1v) is 11.2. The molecule has 0 aliphatic carbocycles. The van der Waals surface area contributed by atoms with Crippen molar-refractivity contribution in [3.8, 4) is 22.6 Å². The Morgan fingerprint density at radius 1 is 0.941 bits per heavy atom. The van der Waals surface area contributed by atoms with Gasteiger partial charge in [0, 0.05) is 23.5 Å². The van der Waals surface area contributed by atoms with Crippen molar-refractivity contribution in [2.45, 2.75) is 19.9 Å². The van der Waals surface area contributed by atoms with Gasteiger partial charge in [0.15, 0.2) is 0 Å². The highest BCUT2D eigenvalue weighted by atomic mass is 16.5. The molecule has 3 heterocycles. The summed E-state index contributed by atoms with van der Waals surface area (Å²) in [5, 5.41) is 11.0. The molecule has 3 aromatic carbocycles. The SMILES string of the molecule is CCc1ccc(-c2noc(Cn3ccn4nc(-c5cccc6ccccc56)cc4c3=O)n2)cc1. The van der Waals surface area contributed by atoms with Crippen molar-refractivity contribution in [3.05, 3.63) is 107 Å². The van der Waals surface area contributed by atoms with Gasteiger partial charge in [-0.3, -0.25) is 4.79 Å². The summed E-state index contributed by atoms with van der Waals surface area (Å²) < 4.78 is 8.60. The fourth-order valence-corrected chi connectivity index (χ4v) is 4.20. The lowest BCUT2D eigenvalue weighted by molar-refractivity contribution is 0.370. The number of hydrogen-bond acceptors (Lipinski definition) is 5. The molecule has 166 valence electrons. The summed E-state index contributed by atoms with van der Waals surface area (Å²) in [6.07, 6.45) is 4.43. The zero-order valence-corrected chi connectivity index (χ0v) is 18.5. The maximum atomic E-state index is 13.2. The second-order valence-corrected chi connectivity index (χ2v) is 8.18. The van der Waals surface area contributed by atoms with Gasteiger partial charge in [-0.15, -0.1) is 0 Å². The molecular formula is C27H21N5O2. The van der Waals surface area contributed by atoms with Crippen LogP contribution >= 0.6 is 0 Å². The summed E-state index contributed by atoms with van der Waals surface area (Å²) in [6.45, 7) is 2.30. The van der Waals surface area contributed by atoms with Crippen LogP contribution in [0.1, 0.15) is 18.4 Å². The van der Waals surface area contributed by atoms with Crippen LogP contribution in [-0.2, 0) is 13.0 Å². The van der Waals surface area contributed by atoms with E-state index in [0.29, 0.717) is 17.2 Å². The lowest BCUT2D eigenvalue weighted by Crippen LogP contribution is -2.21. The van der Waals surface area contributed by atoms with Gasteiger partial charge in [-0.1, -0.05) is 78.8 Å². The van der Waals surface area contributed by atoms with Gasteiger partial charge in [0.25, 0.3) is 5.56 Å². The molecule has 0 spiro atoms. The van der Waals surface area contributed by atoms with E-state index in [4.69, 9.17) is 4.52 Å². The predicted octanol–water partition coefficient (Wildman–Crippen LogP) is 4.98. The largest absolute Gasteiger partial charge is 0.337 e. The lowest BCUT2D eigenvalue weighted by atomic mass is 10.0. The van der Waals surface area contributed by atoms with Crippen molar-refractivity contribution in [1.29, 1.82) is 0 Å². The minimum atomic E-state index is -0.173. The third kappa shape index (κ3) is 3.47. The number of rotatable bonds is 5. The number of benzene rings is 3. The second-order valence-electron chi connectivity index (χ2n) is 8.18. The smallest absolute Gasteiger partial charge is 0.277 e. The Hall–Kier alpha value is -4.52. The molecule has 0 aliphatic rings. The third-order valence-electron chi connectivity index (χ3n) is 6.06. The average molecular weight is 447 g/mol. The Morgan fingerprint density at radius 2 is 1.76 bits per heavy atom. The Kier molecular flexibility index (Phi) is 4.80. The Bertz CT molecular complexity index is 1690. The molecule has 0 amide bonds. The van der Waals surface area contributed by atoms with Gasteiger partial charge < -0.3 is 9.09 Å². The normalized spacial score (nSPS) is 11.4. The summed E-state index contributed by atoms with van der Waals surface area (Å²) >= 11 is 0. The summed E-state index contributed by atoms with van der Waals surface area (Å²) in [5.74, 6) is 0.879. The maximum absolute atomic E-state index is 13.2. The van der Waals surface area contributed by atoms with E-state index in [9.17, 15) is 4.79 Å². The van der Waals surface area contributed by atoms with Gasteiger partial charge in [-0.05, 0) is 28.8 Å². The van der Waals surface area contributed by atoms with E-state index in [2.05, 4.69) is 52.5 Å². The fraction of sp³-hybridized carbons (Fsp3) is 0.111. The number of fused-ring (bicyclic) bond motifs is 2. The van der Waals surface area contributed by atoms with E-state index in [0.717, 1.165) is 34.0 Å². The van der Waals surface area contributed by atoms with E-state index >= 15 is 0 Å². The van der Waals surface area contributed by atoms with Crippen molar-refractivity contribution >= 4 is 16.3 Å². The van der Waals surface area contributed by atoms with Crippen molar-refractivity contribution in [1.82, 2.24) is 24.3 Å². The average Bonchev–Trinajstić information content (AvgIpc) is 3.53. The van der Waals surface area contributed by atoms with E-state index in [1.807, 2.05) is 42.5 Å². The molecular weight excluding hydrogens is 426 g/mol. The molecule has 0 fully saturated rings. The van der Waals surface area contributed by atoms with E-state index in [-0.39, 0.29) is 12.1 Å². The number of aromatic nitrogens is 5. The van der Waals surface area contributed by atoms with Crippen LogP contribution in [0, 0.1) is 0 Å². The van der Waals surface area contributed by atoms with Crippen LogP contribution in [0.4, 0.5) is 0 Å². The molecule has 0 unspecified atom stereocenters. The first-order valence-electron chi connectivity index (χ1n) is 11.2. The zero-order valence-electron chi connectivity index (χ0n) is 18.5. The molecule has 0 bridgehead atoms. The molecule has 0 aliphatic heterocycles. The minimum absolute atomic E-state index is 0.173. The van der Waals surface area contributed by atoms with E-state index < -0.39 is 0 Å². The predicted molar refractivity (Wildman–Crippen MR) is 131 cm³/mol. The van der Waals surface area contributed by atoms with E-state index in [1.165, 1.54) is 5.56 Å². The van der Waals surface area contributed by atoms with Crippen LogP contribution < -0.4 is 5.56 Å². The summed E-state index contributed by atoms with van der Waals surface area (Å²) in [5.41, 5.74) is 4.18. The quantitative estimate of drug-likeness (QED) is 0.373. The number of hydrogen-bond donors (Lipinski definition) is 0. The first kappa shape index (κ1) is 20.1.